The van der Waals surface area contributed by atoms with Crippen LogP contribution in [-0.2, 0) is 9.59 Å². The zero-order valence-electron chi connectivity index (χ0n) is 11.4. The van der Waals surface area contributed by atoms with Gasteiger partial charge in [-0.05, 0) is 6.54 Å². The third kappa shape index (κ3) is 5.01. The van der Waals surface area contributed by atoms with Crippen LogP contribution in [0.25, 0.3) is 0 Å². The predicted octanol–water partition coefficient (Wildman–Crippen LogP) is -1.12. The van der Waals surface area contributed by atoms with E-state index in [2.05, 4.69) is 10.6 Å². The van der Waals surface area contributed by atoms with E-state index in [0.717, 1.165) is 32.7 Å². The Kier molecular flexibility index (Phi) is 6.67. The highest BCUT2D eigenvalue weighted by Crippen LogP contribution is 1.99. The molecule has 104 valence electrons. The average Bonchev–Trinajstić information content (AvgIpc) is 2.43. The lowest BCUT2D eigenvalue weighted by Gasteiger charge is -2.28. The van der Waals surface area contributed by atoms with Crippen molar-refractivity contribution in [2.24, 2.45) is 0 Å². The van der Waals surface area contributed by atoms with Gasteiger partial charge in [-0.15, -0.1) is 0 Å². The summed E-state index contributed by atoms with van der Waals surface area (Å²) in [4.78, 5) is 27.1. The first-order valence-electron chi connectivity index (χ1n) is 6.58. The fourth-order valence-electron chi connectivity index (χ4n) is 1.96. The third-order valence-corrected chi connectivity index (χ3v) is 3.20. The number of hydrogen-bond acceptors (Lipinski definition) is 4. The van der Waals surface area contributed by atoms with E-state index in [9.17, 15) is 9.59 Å². The Hall–Kier alpha value is -1.14. The molecule has 1 fully saturated rings. The van der Waals surface area contributed by atoms with Crippen molar-refractivity contribution >= 4 is 11.8 Å². The number of hydrogen-bond donors (Lipinski definition) is 2. The third-order valence-electron chi connectivity index (χ3n) is 3.20. The number of piperazine rings is 1. The van der Waals surface area contributed by atoms with Gasteiger partial charge in [-0.2, -0.15) is 0 Å². The second-order valence-electron chi connectivity index (χ2n) is 4.42. The number of rotatable bonds is 6. The van der Waals surface area contributed by atoms with Crippen LogP contribution in [-0.4, -0.2) is 74.5 Å². The van der Waals surface area contributed by atoms with E-state index in [1.165, 1.54) is 0 Å². The molecule has 0 aliphatic carbocycles. The molecule has 0 unspecified atom stereocenters. The molecule has 0 bridgehead atoms. The molecule has 6 nitrogen and oxygen atoms in total. The van der Waals surface area contributed by atoms with E-state index >= 15 is 0 Å². The lowest BCUT2D eigenvalue weighted by molar-refractivity contribution is -0.132. The number of likely N-dealkylation sites (N-methyl/N-ethyl adjacent to an activating group) is 2. The van der Waals surface area contributed by atoms with Crippen LogP contribution in [0, 0.1) is 0 Å². The van der Waals surface area contributed by atoms with Crippen molar-refractivity contribution in [2.75, 3.05) is 52.9 Å². The fourth-order valence-corrected chi connectivity index (χ4v) is 1.96. The van der Waals surface area contributed by atoms with Crippen LogP contribution in [0.2, 0.25) is 0 Å². The zero-order chi connectivity index (χ0) is 13.4. The van der Waals surface area contributed by atoms with Crippen LogP contribution < -0.4 is 10.6 Å². The summed E-state index contributed by atoms with van der Waals surface area (Å²) >= 11 is 0. The first kappa shape index (κ1) is 14.9. The van der Waals surface area contributed by atoms with E-state index in [1.54, 1.807) is 7.05 Å². The molecule has 0 spiro atoms. The number of nitrogens with zero attached hydrogens (tertiary/aromatic N) is 2. The topological polar surface area (TPSA) is 64.7 Å². The van der Waals surface area contributed by atoms with Gasteiger partial charge in [0.2, 0.25) is 11.8 Å². The summed E-state index contributed by atoms with van der Waals surface area (Å²) in [5, 5.41) is 5.82. The molecule has 1 saturated heterocycles. The van der Waals surface area contributed by atoms with E-state index in [-0.39, 0.29) is 11.8 Å². The van der Waals surface area contributed by atoms with Crippen molar-refractivity contribution in [1.82, 2.24) is 20.4 Å². The quantitative estimate of drug-likeness (QED) is 0.631. The first-order chi connectivity index (χ1) is 8.67. The highest BCUT2D eigenvalue weighted by atomic mass is 16.2. The molecular weight excluding hydrogens is 232 g/mol. The van der Waals surface area contributed by atoms with Gasteiger partial charge in [0.15, 0.2) is 0 Å². The molecule has 2 amide bonds. The molecule has 0 atom stereocenters. The normalized spacial score (nSPS) is 15.8. The van der Waals surface area contributed by atoms with Crippen LogP contribution in [0.15, 0.2) is 0 Å². The van der Waals surface area contributed by atoms with Crippen molar-refractivity contribution in [3.05, 3.63) is 0 Å². The second-order valence-corrected chi connectivity index (χ2v) is 4.42. The summed E-state index contributed by atoms with van der Waals surface area (Å²) in [6.07, 6.45) is 0.491. The van der Waals surface area contributed by atoms with E-state index in [4.69, 9.17) is 0 Å². The maximum Gasteiger partial charge on any atom is 0.233 e. The molecule has 1 aliphatic heterocycles. The van der Waals surface area contributed by atoms with Crippen molar-refractivity contribution in [3.63, 3.8) is 0 Å². The highest BCUT2D eigenvalue weighted by molar-refractivity contribution is 5.78. The smallest absolute Gasteiger partial charge is 0.233 e. The van der Waals surface area contributed by atoms with E-state index < -0.39 is 0 Å². The van der Waals surface area contributed by atoms with Crippen LogP contribution in [0.5, 0.6) is 0 Å². The summed E-state index contributed by atoms with van der Waals surface area (Å²) in [7, 11) is 1.63. The minimum Gasteiger partial charge on any atom is -0.358 e. The predicted molar refractivity (Wildman–Crippen MR) is 70.2 cm³/mol. The molecular formula is C12H24N4O2. The van der Waals surface area contributed by atoms with Gasteiger partial charge < -0.3 is 15.5 Å². The van der Waals surface area contributed by atoms with Crippen molar-refractivity contribution in [1.29, 1.82) is 0 Å². The SMILES string of the molecule is CCN(CCC(=O)N1CCNCC1)CC(=O)NC. The Morgan fingerprint density at radius 1 is 1.33 bits per heavy atom. The van der Waals surface area contributed by atoms with Crippen molar-refractivity contribution in [3.8, 4) is 0 Å². The second kappa shape index (κ2) is 8.05. The van der Waals surface area contributed by atoms with Gasteiger partial charge in [-0.1, -0.05) is 6.92 Å². The number of carbonyl (C=O) groups is 2. The molecule has 0 aromatic rings. The fraction of sp³-hybridized carbons (Fsp3) is 0.833. The monoisotopic (exact) mass is 256 g/mol. The van der Waals surface area contributed by atoms with Gasteiger partial charge in [-0.25, -0.2) is 0 Å². The van der Waals surface area contributed by atoms with Gasteiger partial charge in [0, 0.05) is 46.2 Å². The summed E-state index contributed by atoms with van der Waals surface area (Å²) in [6.45, 7) is 7.12. The number of nitrogens with one attached hydrogen (secondary N) is 2. The minimum absolute atomic E-state index is 0.00790. The first-order valence-corrected chi connectivity index (χ1v) is 6.58. The summed E-state index contributed by atoms with van der Waals surface area (Å²) in [6, 6.07) is 0. The Morgan fingerprint density at radius 3 is 2.56 bits per heavy atom. The molecule has 1 rings (SSSR count). The largest absolute Gasteiger partial charge is 0.358 e. The van der Waals surface area contributed by atoms with Gasteiger partial charge >= 0.3 is 0 Å². The number of amides is 2. The lowest BCUT2D eigenvalue weighted by Crippen LogP contribution is -2.47. The molecule has 0 saturated carbocycles. The minimum atomic E-state index is -0.00790. The molecule has 18 heavy (non-hydrogen) atoms. The van der Waals surface area contributed by atoms with Crippen LogP contribution in [0.3, 0.4) is 0 Å². The summed E-state index contributed by atoms with van der Waals surface area (Å²) in [5.41, 5.74) is 0. The molecule has 0 radical (unpaired) electrons. The van der Waals surface area contributed by atoms with Crippen LogP contribution in [0.4, 0.5) is 0 Å². The van der Waals surface area contributed by atoms with E-state index in [1.807, 2.05) is 16.7 Å². The van der Waals surface area contributed by atoms with Crippen LogP contribution >= 0.6 is 0 Å². The molecule has 6 heteroatoms. The lowest BCUT2D eigenvalue weighted by atomic mass is 10.3. The molecule has 0 aromatic heterocycles. The maximum atomic E-state index is 11.9. The summed E-state index contributed by atoms with van der Waals surface area (Å²) < 4.78 is 0. The van der Waals surface area contributed by atoms with Gasteiger partial charge in [0.25, 0.3) is 0 Å². The Bertz CT molecular complexity index is 277. The molecule has 1 aliphatic rings. The highest BCUT2D eigenvalue weighted by Gasteiger charge is 2.17. The standard InChI is InChI=1S/C12H24N4O2/c1-3-15(10-11(17)13-2)7-4-12(18)16-8-5-14-6-9-16/h14H,3-10H2,1-2H3,(H,13,17). The van der Waals surface area contributed by atoms with Crippen molar-refractivity contribution in [2.45, 2.75) is 13.3 Å². The Morgan fingerprint density at radius 2 is 2.00 bits per heavy atom. The molecule has 2 N–H and O–H groups in total. The van der Waals surface area contributed by atoms with Gasteiger partial charge in [-0.3, -0.25) is 14.5 Å². The Labute approximate surface area is 109 Å². The summed E-state index contributed by atoms with van der Waals surface area (Å²) in [5.74, 6) is 0.179. The maximum absolute atomic E-state index is 11.9. The van der Waals surface area contributed by atoms with Gasteiger partial charge in [0.1, 0.15) is 0 Å². The zero-order valence-corrected chi connectivity index (χ0v) is 11.4. The Balaban J connectivity index is 2.28. The molecule has 1 heterocycles. The van der Waals surface area contributed by atoms with Gasteiger partial charge in [0.05, 0.1) is 6.54 Å². The molecule has 0 aromatic carbocycles. The van der Waals surface area contributed by atoms with E-state index in [0.29, 0.717) is 19.5 Å². The van der Waals surface area contributed by atoms with Crippen LogP contribution in [0.1, 0.15) is 13.3 Å². The van der Waals surface area contributed by atoms with Crippen molar-refractivity contribution < 1.29 is 9.59 Å². The number of carbonyl (C=O) groups excluding carboxylic acids is 2. The average molecular weight is 256 g/mol.